The second-order valence-electron chi connectivity index (χ2n) is 5.63. The lowest BCUT2D eigenvalue weighted by molar-refractivity contribution is -0.132. The van der Waals surface area contributed by atoms with Crippen LogP contribution in [-0.2, 0) is 16.1 Å². The number of hydrogen-bond acceptors (Lipinski definition) is 6. The fourth-order valence-electron chi connectivity index (χ4n) is 2.59. The Morgan fingerprint density at radius 3 is 2.92 bits per heavy atom. The molecular formula is C16H22N6O2. The van der Waals surface area contributed by atoms with Gasteiger partial charge >= 0.3 is 0 Å². The van der Waals surface area contributed by atoms with E-state index in [9.17, 15) is 4.79 Å². The third-order valence-corrected chi connectivity index (χ3v) is 4.03. The number of nitrogens with two attached hydrogens (primary N) is 1. The topological polar surface area (TPSA) is 109 Å². The molecule has 2 aromatic rings. The minimum atomic E-state index is -0.432. The molecule has 24 heavy (non-hydrogen) atoms. The highest BCUT2D eigenvalue weighted by atomic mass is 16.5. The van der Waals surface area contributed by atoms with Crippen molar-refractivity contribution in [3.63, 3.8) is 0 Å². The number of rotatable bonds is 5. The van der Waals surface area contributed by atoms with E-state index >= 15 is 0 Å². The van der Waals surface area contributed by atoms with Gasteiger partial charge in [0, 0.05) is 24.3 Å². The average molecular weight is 330 g/mol. The number of H-pyrrole nitrogens is 1. The standard InChI is InChI=1S/C16H22N6O2/c1-2-22-7-8-24-13(10-22)16(23)18-12-5-3-11(4-6-12)15-19-14(9-17)20-21-15/h3-6,13H,2,7-10,17H2,1H3,(H,18,23)(H,19,20,21). The zero-order valence-corrected chi connectivity index (χ0v) is 13.7. The van der Waals surface area contributed by atoms with Gasteiger partial charge in [-0.05, 0) is 30.8 Å². The van der Waals surface area contributed by atoms with Crippen LogP contribution in [0, 0.1) is 0 Å². The van der Waals surface area contributed by atoms with Crippen LogP contribution in [-0.4, -0.2) is 58.3 Å². The van der Waals surface area contributed by atoms with Crippen molar-refractivity contribution in [2.45, 2.75) is 19.6 Å². The summed E-state index contributed by atoms with van der Waals surface area (Å²) in [7, 11) is 0. The SMILES string of the molecule is CCN1CCOC(C(=O)Nc2ccc(-c3n[nH]c(CN)n3)cc2)C1. The van der Waals surface area contributed by atoms with E-state index in [2.05, 4.69) is 32.3 Å². The molecule has 0 spiro atoms. The third kappa shape index (κ3) is 3.78. The summed E-state index contributed by atoms with van der Waals surface area (Å²) in [6.07, 6.45) is -0.432. The van der Waals surface area contributed by atoms with Gasteiger partial charge < -0.3 is 15.8 Å². The molecule has 0 aliphatic carbocycles. The number of carbonyl (C=O) groups is 1. The summed E-state index contributed by atoms with van der Waals surface area (Å²) in [4.78, 5) is 18.8. The summed E-state index contributed by atoms with van der Waals surface area (Å²) in [5.41, 5.74) is 7.09. The van der Waals surface area contributed by atoms with E-state index in [4.69, 9.17) is 10.5 Å². The molecule has 1 fully saturated rings. The number of anilines is 1. The van der Waals surface area contributed by atoms with Crippen molar-refractivity contribution in [3.05, 3.63) is 30.1 Å². The molecule has 1 amide bonds. The number of aromatic amines is 1. The van der Waals surface area contributed by atoms with Gasteiger partial charge in [-0.2, -0.15) is 5.10 Å². The predicted octanol–water partition coefficient (Wildman–Crippen LogP) is 0.590. The summed E-state index contributed by atoms with van der Waals surface area (Å²) in [5, 5.41) is 9.78. The van der Waals surface area contributed by atoms with E-state index in [1.165, 1.54) is 0 Å². The fraction of sp³-hybridized carbons (Fsp3) is 0.438. The van der Waals surface area contributed by atoms with E-state index in [1.807, 2.05) is 24.3 Å². The largest absolute Gasteiger partial charge is 0.366 e. The van der Waals surface area contributed by atoms with Gasteiger partial charge in [0.1, 0.15) is 11.9 Å². The zero-order valence-electron chi connectivity index (χ0n) is 13.7. The Kier molecular flexibility index (Phi) is 5.19. The van der Waals surface area contributed by atoms with Crippen LogP contribution in [0.2, 0.25) is 0 Å². The number of aromatic nitrogens is 3. The first-order valence-electron chi connectivity index (χ1n) is 8.06. The van der Waals surface area contributed by atoms with E-state index in [0.29, 0.717) is 31.3 Å². The molecule has 3 rings (SSSR count). The highest BCUT2D eigenvalue weighted by Crippen LogP contribution is 2.18. The molecule has 1 aromatic carbocycles. The number of likely N-dealkylation sites (N-methyl/N-ethyl adjacent to an activating group) is 1. The van der Waals surface area contributed by atoms with Crippen molar-refractivity contribution in [2.24, 2.45) is 5.73 Å². The maximum Gasteiger partial charge on any atom is 0.254 e. The smallest absolute Gasteiger partial charge is 0.254 e. The van der Waals surface area contributed by atoms with Crippen LogP contribution in [0.25, 0.3) is 11.4 Å². The molecule has 1 aliphatic heterocycles. The first kappa shape index (κ1) is 16.6. The first-order valence-corrected chi connectivity index (χ1v) is 8.06. The summed E-state index contributed by atoms with van der Waals surface area (Å²) < 4.78 is 5.56. The second-order valence-corrected chi connectivity index (χ2v) is 5.63. The summed E-state index contributed by atoms with van der Waals surface area (Å²) in [6.45, 7) is 5.40. The molecule has 0 bridgehead atoms. The number of nitrogens with zero attached hydrogens (tertiary/aromatic N) is 3. The molecule has 1 aromatic heterocycles. The van der Waals surface area contributed by atoms with Crippen LogP contribution < -0.4 is 11.1 Å². The molecule has 8 nitrogen and oxygen atoms in total. The number of nitrogens with one attached hydrogen (secondary N) is 2. The average Bonchev–Trinajstić information content (AvgIpc) is 3.11. The fourth-order valence-corrected chi connectivity index (χ4v) is 2.59. The summed E-state index contributed by atoms with van der Waals surface area (Å²) in [5.74, 6) is 1.10. The molecular weight excluding hydrogens is 308 g/mol. The number of morpholine rings is 1. The van der Waals surface area contributed by atoms with Gasteiger partial charge in [-0.15, -0.1) is 0 Å². The van der Waals surface area contributed by atoms with E-state index < -0.39 is 6.10 Å². The van der Waals surface area contributed by atoms with Gasteiger partial charge in [0.05, 0.1) is 13.2 Å². The molecule has 0 radical (unpaired) electrons. The molecule has 4 N–H and O–H groups in total. The Morgan fingerprint density at radius 2 is 2.25 bits per heavy atom. The molecule has 1 atom stereocenters. The van der Waals surface area contributed by atoms with E-state index in [1.54, 1.807) is 0 Å². The zero-order chi connectivity index (χ0) is 16.9. The lowest BCUT2D eigenvalue weighted by Gasteiger charge is -2.31. The number of hydrogen-bond donors (Lipinski definition) is 3. The van der Waals surface area contributed by atoms with Crippen molar-refractivity contribution >= 4 is 11.6 Å². The van der Waals surface area contributed by atoms with Gasteiger partial charge in [0.2, 0.25) is 0 Å². The van der Waals surface area contributed by atoms with E-state index in [-0.39, 0.29) is 5.91 Å². The third-order valence-electron chi connectivity index (χ3n) is 4.03. The number of ether oxygens (including phenoxy) is 1. The number of carbonyl (C=O) groups excluding carboxylic acids is 1. The number of amides is 1. The molecule has 1 unspecified atom stereocenters. The Labute approximate surface area is 140 Å². The molecule has 8 heteroatoms. The highest BCUT2D eigenvalue weighted by molar-refractivity contribution is 5.94. The predicted molar refractivity (Wildman–Crippen MR) is 90.2 cm³/mol. The Balaban J connectivity index is 1.62. The lowest BCUT2D eigenvalue weighted by atomic mass is 10.2. The van der Waals surface area contributed by atoms with Gasteiger partial charge in [0.15, 0.2) is 5.82 Å². The normalized spacial score (nSPS) is 18.5. The van der Waals surface area contributed by atoms with Crippen LogP contribution in [0.15, 0.2) is 24.3 Å². The Hall–Kier alpha value is -2.29. The van der Waals surface area contributed by atoms with Crippen LogP contribution in [0.5, 0.6) is 0 Å². The maximum absolute atomic E-state index is 12.3. The number of benzene rings is 1. The lowest BCUT2D eigenvalue weighted by Crippen LogP contribution is -2.47. The van der Waals surface area contributed by atoms with Crippen molar-refractivity contribution in [1.29, 1.82) is 0 Å². The Bertz CT molecular complexity index is 684. The minimum Gasteiger partial charge on any atom is -0.366 e. The van der Waals surface area contributed by atoms with Gasteiger partial charge in [-0.3, -0.25) is 14.8 Å². The van der Waals surface area contributed by atoms with Crippen molar-refractivity contribution in [2.75, 3.05) is 31.6 Å². The minimum absolute atomic E-state index is 0.121. The summed E-state index contributed by atoms with van der Waals surface area (Å²) >= 11 is 0. The monoisotopic (exact) mass is 330 g/mol. The quantitative estimate of drug-likeness (QED) is 0.740. The highest BCUT2D eigenvalue weighted by Gasteiger charge is 2.25. The molecule has 1 aliphatic rings. The van der Waals surface area contributed by atoms with Gasteiger partial charge in [-0.1, -0.05) is 6.92 Å². The second kappa shape index (κ2) is 7.52. The maximum atomic E-state index is 12.3. The molecule has 128 valence electrons. The van der Waals surface area contributed by atoms with Crippen LogP contribution in [0.3, 0.4) is 0 Å². The molecule has 0 saturated carbocycles. The van der Waals surface area contributed by atoms with Crippen LogP contribution in [0.1, 0.15) is 12.7 Å². The first-order chi connectivity index (χ1) is 11.7. The van der Waals surface area contributed by atoms with E-state index in [0.717, 1.165) is 24.3 Å². The van der Waals surface area contributed by atoms with Gasteiger partial charge in [-0.25, -0.2) is 4.98 Å². The van der Waals surface area contributed by atoms with Gasteiger partial charge in [0.25, 0.3) is 5.91 Å². The van der Waals surface area contributed by atoms with Crippen molar-refractivity contribution in [1.82, 2.24) is 20.1 Å². The molecule has 2 heterocycles. The van der Waals surface area contributed by atoms with Crippen molar-refractivity contribution in [3.8, 4) is 11.4 Å². The van der Waals surface area contributed by atoms with Crippen LogP contribution in [0.4, 0.5) is 5.69 Å². The Morgan fingerprint density at radius 1 is 1.46 bits per heavy atom. The molecule has 1 saturated heterocycles. The summed E-state index contributed by atoms with van der Waals surface area (Å²) in [6, 6.07) is 7.37. The van der Waals surface area contributed by atoms with Crippen LogP contribution >= 0.6 is 0 Å². The van der Waals surface area contributed by atoms with Crippen molar-refractivity contribution < 1.29 is 9.53 Å².